The van der Waals surface area contributed by atoms with Crippen molar-refractivity contribution in [3.05, 3.63) is 72.7 Å². The number of aryl methyl sites for hydroxylation is 1. The van der Waals surface area contributed by atoms with Crippen molar-refractivity contribution >= 4 is 5.78 Å². The molecule has 112 valence electrons. The Balaban J connectivity index is 1.90. The molecule has 0 amide bonds. The quantitative estimate of drug-likeness (QED) is 0.564. The van der Waals surface area contributed by atoms with E-state index in [1.807, 2.05) is 35.0 Å². The summed E-state index contributed by atoms with van der Waals surface area (Å²) in [5.41, 5.74) is 4.16. The third-order valence-corrected chi connectivity index (χ3v) is 3.80. The van der Waals surface area contributed by atoms with Gasteiger partial charge >= 0.3 is 0 Å². The fourth-order valence-electron chi connectivity index (χ4n) is 2.62. The Bertz CT molecular complexity index is 1010. The zero-order valence-corrected chi connectivity index (χ0v) is 12.4. The van der Waals surface area contributed by atoms with Gasteiger partial charge in [-0.15, -0.1) is 0 Å². The molecule has 3 heterocycles. The number of nitrogens with zero attached hydrogens (tertiary/aromatic N) is 4. The van der Waals surface area contributed by atoms with E-state index in [0.717, 1.165) is 22.4 Å². The lowest BCUT2D eigenvalue weighted by Crippen LogP contribution is -1.94. The molecule has 0 saturated heterocycles. The molecule has 0 fully saturated rings. The number of aromatic nitrogens is 4. The molecule has 4 aromatic rings. The van der Waals surface area contributed by atoms with Crippen LogP contribution in [0, 0.1) is 12.7 Å². The molecular formula is C18H13FN4. The van der Waals surface area contributed by atoms with Gasteiger partial charge in [-0.3, -0.25) is 9.38 Å². The second-order valence-electron chi connectivity index (χ2n) is 5.34. The Kier molecular flexibility index (Phi) is 3.12. The lowest BCUT2D eigenvalue weighted by molar-refractivity contribution is 0.619. The number of benzene rings is 1. The van der Waals surface area contributed by atoms with Crippen LogP contribution in [0.1, 0.15) is 5.56 Å². The number of pyridine rings is 1. The van der Waals surface area contributed by atoms with Crippen molar-refractivity contribution in [2.75, 3.05) is 0 Å². The van der Waals surface area contributed by atoms with Crippen LogP contribution in [0.2, 0.25) is 0 Å². The second kappa shape index (κ2) is 5.28. The smallest absolute Gasteiger partial charge is 0.233 e. The van der Waals surface area contributed by atoms with Gasteiger partial charge in [-0.05, 0) is 36.8 Å². The van der Waals surface area contributed by atoms with E-state index in [2.05, 4.69) is 15.0 Å². The highest BCUT2D eigenvalue weighted by Crippen LogP contribution is 2.30. The maximum Gasteiger partial charge on any atom is 0.233 e. The minimum absolute atomic E-state index is 0.215. The number of imidazole rings is 1. The summed E-state index contributed by atoms with van der Waals surface area (Å²) in [6.07, 6.45) is 9.04. The first-order valence-corrected chi connectivity index (χ1v) is 7.23. The number of rotatable bonds is 2. The largest absolute Gasteiger partial charge is 0.291 e. The third kappa shape index (κ3) is 2.36. The molecule has 5 heteroatoms. The first kappa shape index (κ1) is 13.6. The zero-order valence-electron chi connectivity index (χ0n) is 12.4. The first-order valence-electron chi connectivity index (χ1n) is 7.23. The maximum atomic E-state index is 13.5. The minimum atomic E-state index is -0.215. The van der Waals surface area contributed by atoms with Crippen molar-refractivity contribution in [3.63, 3.8) is 0 Å². The van der Waals surface area contributed by atoms with Gasteiger partial charge in [0, 0.05) is 47.7 Å². The molecular weight excluding hydrogens is 291 g/mol. The summed E-state index contributed by atoms with van der Waals surface area (Å²) < 4.78 is 15.4. The molecule has 3 aromatic heterocycles. The number of hydrogen-bond donors (Lipinski definition) is 0. The molecule has 4 nitrogen and oxygen atoms in total. The van der Waals surface area contributed by atoms with Crippen LogP contribution in [0.15, 0.2) is 61.3 Å². The minimum Gasteiger partial charge on any atom is -0.291 e. The van der Waals surface area contributed by atoms with Crippen LogP contribution in [0.5, 0.6) is 0 Å². The molecule has 0 spiro atoms. The van der Waals surface area contributed by atoms with Crippen LogP contribution in [0.3, 0.4) is 0 Å². The van der Waals surface area contributed by atoms with Gasteiger partial charge in [0.1, 0.15) is 5.82 Å². The topological polar surface area (TPSA) is 43.1 Å². The van der Waals surface area contributed by atoms with Gasteiger partial charge < -0.3 is 0 Å². The summed E-state index contributed by atoms with van der Waals surface area (Å²) >= 11 is 0. The summed E-state index contributed by atoms with van der Waals surface area (Å²) in [6, 6.07) is 8.90. The number of fused-ring (bicyclic) bond motifs is 1. The Morgan fingerprint density at radius 3 is 2.78 bits per heavy atom. The predicted octanol–water partition coefficient (Wildman–Crippen LogP) is 3.91. The van der Waals surface area contributed by atoms with Gasteiger partial charge in [-0.25, -0.2) is 14.4 Å². The van der Waals surface area contributed by atoms with E-state index >= 15 is 0 Å². The first-order chi connectivity index (χ1) is 11.2. The summed E-state index contributed by atoms with van der Waals surface area (Å²) in [5.74, 6) is 0.435. The molecule has 0 aliphatic carbocycles. The van der Waals surface area contributed by atoms with E-state index in [1.54, 1.807) is 31.6 Å². The highest BCUT2D eigenvalue weighted by atomic mass is 19.1. The van der Waals surface area contributed by atoms with Crippen molar-refractivity contribution < 1.29 is 4.39 Å². The highest BCUT2D eigenvalue weighted by molar-refractivity contribution is 5.80. The average Bonchev–Trinajstić information content (AvgIpc) is 3.05. The summed E-state index contributed by atoms with van der Waals surface area (Å²) in [6.45, 7) is 1.75. The zero-order chi connectivity index (χ0) is 15.8. The van der Waals surface area contributed by atoms with E-state index in [4.69, 9.17) is 0 Å². The number of halogens is 1. The lowest BCUT2D eigenvalue weighted by atomic mass is 10.00. The molecule has 23 heavy (non-hydrogen) atoms. The van der Waals surface area contributed by atoms with Crippen LogP contribution in [-0.4, -0.2) is 19.4 Å². The molecule has 0 saturated carbocycles. The van der Waals surface area contributed by atoms with E-state index in [0.29, 0.717) is 11.3 Å². The van der Waals surface area contributed by atoms with Crippen LogP contribution in [0.25, 0.3) is 28.2 Å². The highest BCUT2D eigenvalue weighted by Gasteiger charge is 2.11. The van der Waals surface area contributed by atoms with Gasteiger partial charge in [-0.2, -0.15) is 0 Å². The van der Waals surface area contributed by atoms with Gasteiger partial charge in [-0.1, -0.05) is 6.07 Å². The standard InChI is InChI=1S/C18H13FN4/c1-12-9-13(4-5-16(12)19)17-15(3-2-6-20-17)14-10-22-18-21-7-8-23(18)11-14/h2-11H,1H3. The number of hydrogen-bond acceptors (Lipinski definition) is 3. The Hall–Kier alpha value is -3.08. The van der Waals surface area contributed by atoms with E-state index in [-0.39, 0.29) is 5.82 Å². The SMILES string of the molecule is Cc1cc(-c2ncccc2-c2cnc3nccn3c2)ccc1F. The Morgan fingerprint density at radius 1 is 1.00 bits per heavy atom. The van der Waals surface area contributed by atoms with Crippen molar-refractivity contribution in [1.29, 1.82) is 0 Å². The van der Waals surface area contributed by atoms with Crippen LogP contribution < -0.4 is 0 Å². The van der Waals surface area contributed by atoms with Gasteiger partial charge in [0.05, 0.1) is 5.69 Å². The molecule has 0 radical (unpaired) electrons. The summed E-state index contributed by atoms with van der Waals surface area (Å²) in [4.78, 5) is 13.0. The summed E-state index contributed by atoms with van der Waals surface area (Å²) in [5, 5.41) is 0. The van der Waals surface area contributed by atoms with E-state index in [1.165, 1.54) is 6.07 Å². The normalized spacial score (nSPS) is 11.0. The molecule has 0 unspecified atom stereocenters. The summed E-state index contributed by atoms with van der Waals surface area (Å²) in [7, 11) is 0. The molecule has 0 bridgehead atoms. The second-order valence-corrected chi connectivity index (χ2v) is 5.34. The van der Waals surface area contributed by atoms with Crippen LogP contribution in [0.4, 0.5) is 4.39 Å². The van der Waals surface area contributed by atoms with E-state index < -0.39 is 0 Å². The maximum absolute atomic E-state index is 13.5. The van der Waals surface area contributed by atoms with Gasteiger partial charge in [0.15, 0.2) is 0 Å². The van der Waals surface area contributed by atoms with Crippen molar-refractivity contribution in [2.45, 2.75) is 6.92 Å². The molecule has 0 aliphatic rings. The van der Waals surface area contributed by atoms with Crippen molar-refractivity contribution in [1.82, 2.24) is 19.4 Å². The van der Waals surface area contributed by atoms with Crippen LogP contribution in [-0.2, 0) is 0 Å². The van der Waals surface area contributed by atoms with Crippen molar-refractivity contribution in [3.8, 4) is 22.4 Å². The Labute approximate surface area is 132 Å². The van der Waals surface area contributed by atoms with Gasteiger partial charge in [0.2, 0.25) is 5.78 Å². The molecule has 0 atom stereocenters. The predicted molar refractivity (Wildman–Crippen MR) is 86.3 cm³/mol. The molecule has 0 aliphatic heterocycles. The monoisotopic (exact) mass is 304 g/mol. The van der Waals surface area contributed by atoms with Gasteiger partial charge in [0.25, 0.3) is 0 Å². The van der Waals surface area contributed by atoms with E-state index in [9.17, 15) is 4.39 Å². The molecule has 0 N–H and O–H groups in total. The average molecular weight is 304 g/mol. The fraction of sp³-hybridized carbons (Fsp3) is 0.0556. The Morgan fingerprint density at radius 2 is 1.91 bits per heavy atom. The van der Waals surface area contributed by atoms with Crippen molar-refractivity contribution in [2.24, 2.45) is 0 Å². The molecule has 4 rings (SSSR count). The lowest BCUT2D eigenvalue weighted by Gasteiger charge is -2.10. The molecule has 1 aromatic carbocycles. The fourth-order valence-corrected chi connectivity index (χ4v) is 2.62. The third-order valence-electron chi connectivity index (χ3n) is 3.80. The van der Waals surface area contributed by atoms with Crippen LogP contribution >= 0.6 is 0 Å².